The van der Waals surface area contributed by atoms with E-state index in [1.807, 2.05) is 13.0 Å². The van der Waals surface area contributed by atoms with E-state index in [9.17, 15) is 9.59 Å². The van der Waals surface area contributed by atoms with E-state index >= 15 is 0 Å². The molecule has 0 aliphatic heterocycles. The Bertz CT molecular complexity index is 354. The van der Waals surface area contributed by atoms with Crippen molar-refractivity contribution in [2.24, 2.45) is 5.92 Å². The lowest BCUT2D eigenvalue weighted by molar-refractivity contribution is -0.140. The van der Waals surface area contributed by atoms with E-state index < -0.39 is 18.0 Å². The van der Waals surface area contributed by atoms with Gasteiger partial charge in [0, 0.05) is 20.2 Å². The first-order valence-electron chi connectivity index (χ1n) is 6.62. The summed E-state index contributed by atoms with van der Waals surface area (Å²) in [6, 6.07) is 0.548. The Morgan fingerprint density at radius 3 is 2.55 bits per heavy atom. The van der Waals surface area contributed by atoms with Gasteiger partial charge in [-0.3, -0.25) is 0 Å². The zero-order chi connectivity index (χ0) is 15.5. The van der Waals surface area contributed by atoms with Crippen LogP contribution in [0.2, 0.25) is 0 Å². The van der Waals surface area contributed by atoms with Crippen molar-refractivity contribution >= 4 is 12.0 Å². The predicted octanol–water partition coefficient (Wildman–Crippen LogP) is 1.06. The largest absolute Gasteiger partial charge is 0.480 e. The van der Waals surface area contributed by atoms with Crippen molar-refractivity contribution in [3.8, 4) is 6.07 Å². The second kappa shape index (κ2) is 10.0. The maximum absolute atomic E-state index is 12.1. The predicted molar refractivity (Wildman–Crippen MR) is 73.1 cm³/mol. The molecule has 2 amide bonds. The molecule has 7 nitrogen and oxygen atoms in total. The van der Waals surface area contributed by atoms with E-state index in [1.165, 1.54) is 12.0 Å². The highest BCUT2D eigenvalue weighted by Gasteiger charge is 2.27. The van der Waals surface area contributed by atoms with Crippen molar-refractivity contribution in [1.29, 1.82) is 5.26 Å². The van der Waals surface area contributed by atoms with Crippen LogP contribution in [0.3, 0.4) is 0 Å². The zero-order valence-electron chi connectivity index (χ0n) is 12.3. The summed E-state index contributed by atoms with van der Waals surface area (Å²) in [5, 5.41) is 20.2. The number of amides is 2. The van der Waals surface area contributed by atoms with E-state index in [1.54, 1.807) is 6.92 Å². The molecule has 0 aromatic carbocycles. The Balaban J connectivity index is 4.69. The van der Waals surface area contributed by atoms with Crippen molar-refractivity contribution in [3.63, 3.8) is 0 Å². The number of nitriles is 1. The zero-order valence-corrected chi connectivity index (χ0v) is 12.3. The van der Waals surface area contributed by atoms with E-state index in [-0.39, 0.29) is 18.9 Å². The van der Waals surface area contributed by atoms with Crippen LogP contribution in [-0.4, -0.2) is 54.9 Å². The summed E-state index contributed by atoms with van der Waals surface area (Å²) in [5.74, 6) is -1.23. The molecule has 0 aromatic rings. The summed E-state index contributed by atoms with van der Waals surface area (Å²) in [6.45, 7) is 4.54. The Labute approximate surface area is 119 Å². The third-order valence-corrected chi connectivity index (χ3v) is 3.10. The Morgan fingerprint density at radius 2 is 2.10 bits per heavy atom. The SMILES string of the molecule is CCC(C)[C@H](NC(=O)N(CCC#N)CCOC)C(=O)O. The molecule has 0 saturated carbocycles. The van der Waals surface area contributed by atoms with Gasteiger partial charge in [-0.25, -0.2) is 9.59 Å². The average molecular weight is 285 g/mol. The smallest absolute Gasteiger partial charge is 0.326 e. The normalized spacial score (nSPS) is 13.1. The molecule has 20 heavy (non-hydrogen) atoms. The molecule has 1 unspecified atom stereocenters. The standard InChI is InChI=1S/C13H23N3O4/c1-4-10(2)11(12(17)18)15-13(19)16(7-5-6-14)8-9-20-3/h10-11H,4-5,7-9H2,1-3H3,(H,15,19)(H,17,18)/t10?,11-/m0/s1. The van der Waals surface area contributed by atoms with Crippen LogP contribution in [0.1, 0.15) is 26.7 Å². The minimum atomic E-state index is -1.06. The van der Waals surface area contributed by atoms with E-state index in [0.29, 0.717) is 19.6 Å². The molecule has 0 aliphatic carbocycles. The number of ether oxygens (including phenoxy) is 1. The van der Waals surface area contributed by atoms with Crippen LogP contribution >= 0.6 is 0 Å². The van der Waals surface area contributed by atoms with Crippen LogP contribution in [0, 0.1) is 17.2 Å². The fourth-order valence-electron chi connectivity index (χ4n) is 1.61. The van der Waals surface area contributed by atoms with Crippen LogP contribution in [0.25, 0.3) is 0 Å². The van der Waals surface area contributed by atoms with Crippen molar-refractivity contribution in [2.75, 3.05) is 26.8 Å². The minimum Gasteiger partial charge on any atom is -0.480 e. The van der Waals surface area contributed by atoms with Crippen molar-refractivity contribution in [3.05, 3.63) is 0 Å². The third-order valence-electron chi connectivity index (χ3n) is 3.10. The van der Waals surface area contributed by atoms with Crippen molar-refractivity contribution < 1.29 is 19.4 Å². The first kappa shape index (κ1) is 18.2. The van der Waals surface area contributed by atoms with Gasteiger partial charge in [-0.1, -0.05) is 20.3 Å². The van der Waals surface area contributed by atoms with E-state index in [0.717, 1.165) is 0 Å². The highest BCUT2D eigenvalue weighted by molar-refractivity contribution is 5.82. The molecule has 7 heteroatoms. The number of carboxylic acids is 1. The number of aliphatic carboxylic acids is 1. The van der Waals surface area contributed by atoms with Gasteiger partial charge in [0.1, 0.15) is 6.04 Å². The summed E-state index contributed by atoms with van der Waals surface area (Å²) >= 11 is 0. The Hall–Kier alpha value is -1.81. The number of carbonyl (C=O) groups is 2. The number of nitrogens with zero attached hydrogens (tertiary/aromatic N) is 2. The quantitative estimate of drug-likeness (QED) is 0.659. The maximum Gasteiger partial charge on any atom is 0.326 e. The number of carbonyl (C=O) groups excluding carboxylic acids is 1. The Kier molecular flexibility index (Phi) is 9.13. The summed E-state index contributed by atoms with van der Waals surface area (Å²) < 4.78 is 4.90. The molecule has 0 aliphatic rings. The number of hydrogen-bond acceptors (Lipinski definition) is 4. The average Bonchev–Trinajstić information content (AvgIpc) is 2.43. The molecule has 114 valence electrons. The van der Waals surface area contributed by atoms with E-state index in [2.05, 4.69) is 5.32 Å². The van der Waals surface area contributed by atoms with Gasteiger partial charge in [-0.15, -0.1) is 0 Å². The monoisotopic (exact) mass is 285 g/mol. The highest BCUT2D eigenvalue weighted by Crippen LogP contribution is 2.08. The third kappa shape index (κ3) is 6.38. The van der Waals surface area contributed by atoms with Crippen LogP contribution < -0.4 is 5.32 Å². The van der Waals surface area contributed by atoms with Gasteiger partial charge in [-0.05, 0) is 5.92 Å². The topological polar surface area (TPSA) is 103 Å². The fraction of sp³-hybridized carbons (Fsp3) is 0.769. The Morgan fingerprint density at radius 1 is 1.45 bits per heavy atom. The number of methoxy groups -OCH3 is 1. The molecule has 0 fully saturated rings. The molecule has 0 bridgehead atoms. The summed E-state index contributed by atoms with van der Waals surface area (Å²) in [6.07, 6.45) is 0.839. The minimum absolute atomic E-state index is 0.170. The number of hydrogen-bond donors (Lipinski definition) is 2. The van der Waals surface area contributed by atoms with E-state index in [4.69, 9.17) is 15.1 Å². The second-order valence-corrected chi connectivity index (χ2v) is 4.54. The molecule has 0 heterocycles. The lowest BCUT2D eigenvalue weighted by Crippen LogP contribution is -2.51. The second-order valence-electron chi connectivity index (χ2n) is 4.54. The summed E-state index contributed by atoms with van der Waals surface area (Å²) in [5.41, 5.74) is 0. The van der Waals surface area contributed by atoms with Gasteiger partial charge in [0.05, 0.1) is 19.1 Å². The van der Waals surface area contributed by atoms with Crippen LogP contribution in [0.5, 0.6) is 0 Å². The number of rotatable bonds is 9. The van der Waals surface area contributed by atoms with Gasteiger partial charge in [0.15, 0.2) is 0 Å². The maximum atomic E-state index is 12.1. The summed E-state index contributed by atoms with van der Waals surface area (Å²) in [4.78, 5) is 24.6. The van der Waals surface area contributed by atoms with Gasteiger partial charge < -0.3 is 20.1 Å². The molecular formula is C13H23N3O4. The molecule has 0 spiro atoms. The number of urea groups is 1. The molecule has 0 radical (unpaired) electrons. The highest BCUT2D eigenvalue weighted by atomic mass is 16.5. The first-order valence-corrected chi connectivity index (χ1v) is 6.62. The molecule has 2 N–H and O–H groups in total. The van der Waals surface area contributed by atoms with Gasteiger partial charge in [-0.2, -0.15) is 5.26 Å². The molecular weight excluding hydrogens is 262 g/mol. The number of carboxylic acid groups (broad SMARTS) is 1. The summed E-state index contributed by atoms with van der Waals surface area (Å²) in [7, 11) is 1.51. The molecule has 2 atom stereocenters. The molecule has 0 rings (SSSR count). The lowest BCUT2D eigenvalue weighted by Gasteiger charge is -2.26. The number of nitrogens with one attached hydrogen (secondary N) is 1. The van der Waals surface area contributed by atoms with Crippen molar-refractivity contribution in [2.45, 2.75) is 32.7 Å². The molecule has 0 saturated heterocycles. The van der Waals surface area contributed by atoms with Gasteiger partial charge in [0.2, 0.25) is 0 Å². The van der Waals surface area contributed by atoms with Crippen LogP contribution in [0.4, 0.5) is 4.79 Å². The fourth-order valence-corrected chi connectivity index (χ4v) is 1.61. The van der Waals surface area contributed by atoms with Crippen molar-refractivity contribution in [1.82, 2.24) is 10.2 Å². The van der Waals surface area contributed by atoms with Gasteiger partial charge in [0.25, 0.3) is 0 Å². The molecule has 0 aromatic heterocycles. The van der Waals surface area contributed by atoms with Crippen LogP contribution in [0.15, 0.2) is 0 Å². The van der Waals surface area contributed by atoms with Gasteiger partial charge >= 0.3 is 12.0 Å². The lowest BCUT2D eigenvalue weighted by atomic mass is 9.99. The first-order chi connectivity index (χ1) is 9.47. The van der Waals surface area contributed by atoms with Crippen LogP contribution in [-0.2, 0) is 9.53 Å².